The van der Waals surface area contributed by atoms with Crippen LogP contribution in [0.5, 0.6) is 0 Å². The lowest BCUT2D eigenvalue weighted by atomic mass is 10.0. The van der Waals surface area contributed by atoms with Crippen molar-refractivity contribution in [2.45, 2.75) is 33.6 Å². The maximum Gasteiger partial charge on any atom is 0.315 e. The highest BCUT2D eigenvalue weighted by Crippen LogP contribution is 2.04. The van der Waals surface area contributed by atoms with Crippen LogP contribution in [0.4, 0.5) is 4.79 Å². The summed E-state index contributed by atoms with van der Waals surface area (Å²) in [6.45, 7) is 6.78. The molecule has 20 heavy (non-hydrogen) atoms. The Bertz CT molecular complexity index is 330. The minimum Gasteiger partial charge on any atom is -0.481 e. The molecule has 3 amide bonds. The van der Waals surface area contributed by atoms with Gasteiger partial charge in [0, 0.05) is 19.6 Å². The van der Waals surface area contributed by atoms with Crippen molar-refractivity contribution in [1.82, 2.24) is 15.5 Å². The van der Waals surface area contributed by atoms with Gasteiger partial charge in [0.1, 0.15) is 0 Å². The first-order valence-corrected chi connectivity index (χ1v) is 6.98. The molecule has 7 nitrogen and oxygen atoms in total. The normalized spacial score (nSPS) is 11.6. The number of hydrogen-bond donors (Lipinski definition) is 3. The zero-order valence-corrected chi connectivity index (χ0v) is 12.4. The largest absolute Gasteiger partial charge is 0.481 e. The third-order valence-electron chi connectivity index (χ3n) is 3.01. The van der Waals surface area contributed by atoms with Crippen molar-refractivity contribution in [3.63, 3.8) is 0 Å². The summed E-state index contributed by atoms with van der Waals surface area (Å²) in [6.07, 6.45) is 1.24. The predicted molar refractivity (Wildman–Crippen MR) is 75.4 cm³/mol. The smallest absolute Gasteiger partial charge is 0.315 e. The van der Waals surface area contributed by atoms with Crippen LogP contribution < -0.4 is 10.6 Å². The molecule has 0 saturated carbocycles. The summed E-state index contributed by atoms with van der Waals surface area (Å²) >= 11 is 0. The van der Waals surface area contributed by atoms with E-state index in [2.05, 4.69) is 10.6 Å². The number of carbonyl (C=O) groups is 3. The average molecular weight is 287 g/mol. The first kappa shape index (κ1) is 18.2. The topological polar surface area (TPSA) is 98.7 Å². The molecule has 0 saturated heterocycles. The van der Waals surface area contributed by atoms with Gasteiger partial charge < -0.3 is 20.6 Å². The summed E-state index contributed by atoms with van der Waals surface area (Å²) < 4.78 is 0. The Balaban J connectivity index is 4.05. The number of urea groups is 1. The highest BCUT2D eigenvalue weighted by atomic mass is 16.4. The third-order valence-corrected chi connectivity index (χ3v) is 3.01. The monoisotopic (exact) mass is 287 g/mol. The molecule has 0 spiro atoms. The number of nitrogens with zero attached hydrogens (tertiary/aromatic N) is 1. The summed E-state index contributed by atoms with van der Waals surface area (Å²) in [6, 6.07) is -0.521. The molecule has 0 aromatic carbocycles. The standard InChI is InChI=1S/C13H25N3O4/c1-4-7-10(12(18)19)8-14-13(20)15-9-11(17)16(5-2)6-3/h10H,4-9H2,1-3H3,(H,18,19)(H2,14,15,20). The zero-order valence-electron chi connectivity index (χ0n) is 12.4. The summed E-state index contributed by atoms with van der Waals surface area (Å²) in [4.78, 5) is 35.7. The molecule has 1 unspecified atom stereocenters. The number of carboxylic acids is 1. The van der Waals surface area contributed by atoms with Gasteiger partial charge in [0.15, 0.2) is 0 Å². The highest BCUT2D eigenvalue weighted by molar-refractivity contribution is 5.84. The van der Waals surface area contributed by atoms with Gasteiger partial charge in [-0.05, 0) is 20.3 Å². The maximum atomic E-state index is 11.6. The van der Waals surface area contributed by atoms with Gasteiger partial charge >= 0.3 is 12.0 Å². The molecule has 0 radical (unpaired) electrons. The van der Waals surface area contributed by atoms with Gasteiger partial charge in [-0.3, -0.25) is 9.59 Å². The summed E-state index contributed by atoms with van der Waals surface area (Å²) in [5.41, 5.74) is 0. The van der Waals surface area contributed by atoms with Gasteiger partial charge in [0.25, 0.3) is 0 Å². The van der Waals surface area contributed by atoms with Crippen molar-refractivity contribution in [2.24, 2.45) is 5.92 Å². The number of nitrogens with one attached hydrogen (secondary N) is 2. The van der Waals surface area contributed by atoms with Crippen LogP contribution in [-0.4, -0.2) is 54.1 Å². The van der Waals surface area contributed by atoms with Crippen molar-refractivity contribution >= 4 is 17.9 Å². The number of hydrogen-bond acceptors (Lipinski definition) is 3. The number of amides is 3. The van der Waals surface area contributed by atoms with Gasteiger partial charge in [0.2, 0.25) is 5.91 Å². The van der Waals surface area contributed by atoms with E-state index in [-0.39, 0.29) is 19.0 Å². The Morgan fingerprint density at radius 1 is 1.10 bits per heavy atom. The van der Waals surface area contributed by atoms with Crippen LogP contribution in [0.3, 0.4) is 0 Å². The van der Waals surface area contributed by atoms with Gasteiger partial charge in [-0.25, -0.2) is 4.79 Å². The lowest BCUT2D eigenvalue weighted by molar-refractivity contribution is -0.141. The molecule has 0 aliphatic carbocycles. The second-order valence-corrected chi connectivity index (χ2v) is 4.45. The van der Waals surface area contributed by atoms with Crippen LogP contribution in [-0.2, 0) is 9.59 Å². The molecule has 7 heteroatoms. The van der Waals surface area contributed by atoms with Gasteiger partial charge in [-0.1, -0.05) is 13.3 Å². The Hall–Kier alpha value is -1.79. The maximum absolute atomic E-state index is 11.6. The number of carboxylic acid groups (broad SMARTS) is 1. The number of aliphatic carboxylic acids is 1. The molecule has 0 bridgehead atoms. The van der Waals surface area contributed by atoms with Crippen LogP contribution in [0.1, 0.15) is 33.6 Å². The summed E-state index contributed by atoms with van der Waals surface area (Å²) in [5, 5.41) is 13.9. The van der Waals surface area contributed by atoms with Gasteiger partial charge in [0.05, 0.1) is 12.5 Å². The molecule has 0 aliphatic heterocycles. The van der Waals surface area contributed by atoms with E-state index in [1.165, 1.54) is 0 Å². The number of likely N-dealkylation sites (N-methyl/N-ethyl adjacent to an activating group) is 1. The SMILES string of the molecule is CCCC(CNC(=O)NCC(=O)N(CC)CC)C(=O)O. The lowest BCUT2D eigenvalue weighted by Crippen LogP contribution is -2.45. The highest BCUT2D eigenvalue weighted by Gasteiger charge is 2.17. The molecule has 1 atom stereocenters. The molecule has 116 valence electrons. The molecule has 0 aliphatic rings. The van der Waals surface area contributed by atoms with Gasteiger partial charge in [-0.15, -0.1) is 0 Å². The molecular weight excluding hydrogens is 262 g/mol. The minimum absolute atomic E-state index is 0.0640. The van der Waals surface area contributed by atoms with E-state index in [0.717, 1.165) is 6.42 Å². The molecular formula is C13H25N3O4. The zero-order chi connectivity index (χ0) is 15.5. The fourth-order valence-corrected chi connectivity index (χ4v) is 1.78. The molecule has 0 aromatic heterocycles. The lowest BCUT2D eigenvalue weighted by Gasteiger charge is -2.19. The van der Waals surface area contributed by atoms with Crippen molar-refractivity contribution in [3.8, 4) is 0 Å². The van der Waals surface area contributed by atoms with Crippen molar-refractivity contribution in [1.29, 1.82) is 0 Å². The van der Waals surface area contributed by atoms with E-state index in [1.54, 1.807) is 4.90 Å². The Morgan fingerprint density at radius 2 is 1.70 bits per heavy atom. The quantitative estimate of drug-likeness (QED) is 0.580. The molecule has 0 rings (SSSR count). The predicted octanol–water partition coefficient (Wildman–Crippen LogP) is 0.655. The Morgan fingerprint density at radius 3 is 2.15 bits per heavy atom. The van der Waals surface area contributed by atoms with Crippen LogP contribution >= 0.6 is 0 Å². The number of carbonyl (C=O) groups excluding carboxylic acids is 2. The molecule has 0 aromatic rings. The minimum atomic E-state index is -0.925. The molecule has 0 heterocycles. The van der Waals surface area contributed by atoms with Crippen molar-refractivity contribution < 1.29 is 19.5 Å². The van der Waals surface area contributed by atoms with E-state index < -0.39 is 17.9 Å². The van der Waals surface area contributed by atoms with Crippen molar-refractivity contribution in [3.05, 3.63) is 0 Å². The summed E-state index contributed by atoms with van der Waals surface area (Å²) in [5.74, 6) is -1.68. The van der Waals surface area contributed by atoms with E-state index in [0.29, 0.717) is 19.5 Å². The van der Waals surface area contributed by atoms with Crippen LogP contribution in [0.25, 0.3) is 0 Å². The number of rotatable bonds is 9. The second kappa shape index (κ2) is 10.1. The van der Waals surface area contributed by atoms with Crippen molar-refractivity contribution in [2.75, 3.05) is 26.2 Å². The average Bonchev–Trinajstić information content (AvgIpc) is 2.42. The Kier molecular flexibility index (Phi) is 9.15. The molecule has 3 N–H and O–H groups in total. The first-order chi connectivity index (χ1) is 9.46. The van der Waals surface area contributed by atoms with E-state index >= 15 is 0 Å². The fourth-order valence-electron chi connectivity index (χ4n) is 1.78. The first-order valence-electron chi connectivity index (χ1n) is 6.98. The van der Waals surface area contributed by atoms with E-state index in [9.17, 15) is 14.4 Å². The van der Waals surface area contributed by atoms with E-state index in [4.69, 9.17) is 5.11 Å². The Labute approximate surface area is 119 Å². The summed E-state index contributed by atoms with van der Waals surface area (Å²) in [7, 11) is 0. The van der Waals surface area contributed by atoms with Crippen LogP contribution in [0.15, 0.2) is 0 Å². The van der Waals surface area contributed by atoms with Gasteiger partial charge in [-0.2, -0.15) is 0 Å². The molecule has 0 fully saturated rings. The van der Waals surface area contributed by atoms with Crippen LogP contribution in [0.2, 0.25) is 0 Å². The third kappa shape index (κ3) is 6.96. The second-order valence-electron chi connectivity index (χ2n) is 4.45. The van der Waals surface area contributed by atoms with E-state index in [1.807, 2.05) is 20.8 Å². The van der Waals surface area contributed by atoms with Crippen LogP contribution in [0, 0.1) is 5.92 Å². The fraction of sp³-hybridized carbons (Fsp3) is 0.769.